The largest absolute Gasteiger partial charge is 0.233 e. The van der Waals surface area contributed by atoms with Gasteiger partial charge in [-0.05, 0) is 37.6 Å². The lowest BCUT2D eigenvalue weighted by molar-refractivity contribution is 0.595. The van der Waals surface area contributed by atoms with E-state index in [1.54, 1.807) is 24.3 Å². The Labute approximate surface area is 121 Å². The summed E-state index contributed by atoms with van der Waals surface area (Å²) >= 11 is 1.22. The minimum absolute atomic E-state index is 0.158. The van der Waals surface area contributed by atoms with Gasteiger partial charge in [-0.3, -0.25) is 0 Å². The Morgan fingerprint density at radius 3 is 2.35 bits per heavy atom. The van der Waals surface area contributed by atoms with Gasteiger partial charge in [-0.15, -0.1) is 11.3 Å². The van der Waals surface area contributed by atoms with Gasteiger partial charge in [-0.2, -0.15) is 0 Å². The minimum Gasteiger partial charge on any atom is -0.225 e. The smallest absolute Gasteiger partial charge is 0.225 e. The molecule has 0 unspecified atom stereocenters. The van der Waals surface area contributed by atoms with Crippen LogP contribution in [0.2, 0.25) is 0 Å². The van der Waals surface area contributed by atoms with E-state index in [1.165, 1.54) is 11.3 Å². The van der Waals surface area contributed by atoms with E-state index < -0.39 is 9.84 Å². The van der Waals surface area contributed by atoms with Gasteiger partial charge in [-0.25, -0.2) is 13.4 Å². The van der Waals surface area contributed by atoms with E-state index in [0.717, 1.165) is 21.3 Å². The van der Waals surface area contributed by atoms with Crippen LogP contribution in [0.4, 0.5) is 0 Å². The molecule has 2 aromatic carbocycles. The molecule has 3 aromatic rings. The van der Waals surface area contributed by atoms with E-state index in [-0.39, 0.29) is 4.34 Å². The van der Waals surface area contributed by atoms with Gasteiger partial charge >= 0.3 is 0 Å². The highest BCUT2D eigenvalue weighted by molar-refractivity contribution is 7.93. The topological polar surface area (TPSA) is 47.0 Å². The first-order valence-corrected chi connectivity index (χ1v) is 8.46. The fraction of sp³-hybridized carbons (Fsp3) is 0.133. The molecule has 1 heterocycles. The van der Waals surface area contributed by atoms with E-state index in [2.05, 4.69) is 4.98 Å². The van der Waals surface area contributed by atoms with E-state index in [9.17, 15) is 8.42 Å². The first-order chi connectivity index (χ1) is 9.48. The Kier molecular flexibility index (Phi) is 3.11. The summed E-state index contributed by atoms with van der Waals surface area (Å²) < 4.78 is 26.2. The predicted octanol–water partition coefficient (Wildman–Crippen LogP) is 3.75. The van der Waals surface area contributed by atoms with Crippen LogP contribution >= 0.6 is 11.3 Å². The second-order valence-corrected chi connectivity index (χ2v) is 7.87. The SMILES string of the molecule is Cc1ccc(S(=O)(=O)c2nc3c(C)cccc3s2)cc1. The van der Waals surface area contributed by atoms with Crippen LogP contribution in [-0.2, 0) is 9.84 Å². The summed E-state index contributed by atoms with van der Waals surface area (Å²) in [5.41, 5.74) is 2.79. The summed E-state index contributed by atoms with van der Waals surface area (Å²) in [5.74, 6) is 0. The summed E-state index contributed by atoms with van der Waals surface area (Å²) in [6, 6.07) is 12.6. The molecule has 20 heavy (non-hydrogen) atoms. The van der Waals surface area contributed by atoms with Gasteiger partial charge in [0.1, 0.15) is 0 Å². The molecule has 0 fully saturated rings. The highest BCUT2D eigenvalue weighted by Gasteiger charge is 2.22. The molecule has 0 saturated carbocycles. The third-order valence-electron chi connectivity index (χ3n) is 3.16. The molecular weight excluding hydrogens is 290 g/mol. The standard InChI is InChI=1S/C15H13NO2S2/c1-10-6-8-12(9-7-10)20(17,18)15-16-14-11(2)4-3-5-13(14)19-15/h3-9H,1-2H3. The van der Waals surface area contributed by atoms with Crippen LogP contribution in [0.3, 0.4) is 0 Å². The number of sulfone groups is 1. The first kappa shape index (κ1) is 13.3. The van der Waals surface area contributed by atoms with Crippen LogP contribution < -0.4 is 0 Å². The third-order valence-corrected chi connectivity index (χ3v) is 6.33. The van der Waals surface area contributed by atoms with Crippen LogP contribution in [0, 0.1) is 13.8 Å². The summed E-state index contributed by atoms with van der Waals surface area (Å²) in [4.78, 5) is 4.60. The van der Waals surface area contributed by atoms with Crippen molar-refractivity contribution < 1.29 is 8.42 Å². The highest BCUT2D eigenvalue weighted by Crippen LogP contribution is 2.31. The molecule has 3 rings (SSSR count). The molecule has 5 heteroatoms. The van der Waals surface area contributed by atoms with Crippen molar-refractivity contribution in [1.82, 2.24) is 4.98 Å². The number of fused-ring (bicyclic) bond motifs is 1. The van der Waals surface area contributed by atoms with Crippen LogP contribution in [-0.4, -0.2) is 13.4 Å². The maximum absolute atomic E-state index is 12.6. The number of aryl methyl sites for hydroxylation is 2. The number of para-hydroxylation sites is 1. The van der Waals surface area contributed by atoms with Crippen molar-refractivity contribution in [1.29, 1.82) is 0 Å². The van der Waals surface area contributed by atoms with Crippen molar-refractivity contribution in [3.05, 3.63) is 53.6 Å². The molecule has 0 aliphatic heterocycles. The van der Waals surface area contributed by atoms with Crippen molar-refractivity contribution in [2.75, 3.05) is 0 Å². The zero-order valence-corrected chi connectivity index (χ0v) is 12.8. The molecule has 0 bridgehead atoms. The Balaban J connectivity index is 2.18. The fourth-order valence-electron chi connectivity index (χ4n) is 2.00. The number of hydrogen-bond acceptors (Lipinski definition) is 4. The lowest BCUT2D eigenvalue weighted by Gasteiger charge is -2.00. The highest BCUT2D eigenvalue weighted by atomic mass is 32.2. The fourth-order valence-corrected chi connectivity index (χ4v) is 4.68. The Morgan fingerprint density at radius 1 is 1.00 bits per heavy atom. The zero-order chi connectivity index (χ0) is 14.3. The normalized spacial score (nSPS) is 11.9. The molecule has 0 saturated heterocycles. The van der Waals surface area contributed by atoms with Crippen LogP contribution in [0.1, 0.15) is 11.1 Å². The van der Waals surface area contributed by atoms with Gasteiger partial charge < -0.3 is 0 Å². The van der Waals surface area contributed by atoms with E-state index >= 15 is 0 Å². The summed E-state index contributed by atoms with van der Waals surface area (Å²) in [5, 5.41) is 0. The van der Waals surface area contributed by atoms with Crippen molar-refractivity contribution in [2.24, 2.45) is 0 Å². The number of aromatic nitrogens is 1. The molecule has 1 aromatic heterocycles. The molecule has 0 amide bonds. The van der Waals surface area contributed by atoms with E-state index in [1.807, 2.05) is 32.0 Å². The Morgan fingerprint density at radius 2 is 1.70 bits per heavy atom. The van der Waals surface area contributed by atoms with Crippen LogP contribution in [0.5, 0.6) is 0 Å². The molecule has 0 aliphatic rings. The molecular formula is C15H13NO2S2. The van der Waals surface area contributed by atoms with Gasteiger partial charge in [0, 0.05) is 0 Å². The molecule has 0 atom stereocenters. The predicted molar refractivity (Wildman–Crippen MR) is 81.0 cm³/mol. The number of rotatable bonds is 2. The zero-order valence-electron chi connectivity index (χ0n) is 11.1. The van der Waals surface area contributed by atoms with Crippen molar-refractivity contribution in [2.45, 2.75) is 23.1 Å². The second-order valence-electron chi connectivity index (χ2n) is 4.72. The van der Waals surface area contributed by atoms with Gasteiger partial charge in [0.2, 0.25) is 14.2 Å². The summed E-state index contributed by atoms with van der Waals surface area (Å²) in [7, 11) is -3.53. The maximum atomic E-state index is 12.6. The molecule has 0 spiro atoms. The molecule has 3 nitrogen and oxygen atoms in total. The van der Waals surface area contributed by atoms with Gasteiger partial charge in [0.05, 0.1) is 15.1 Å². The number of nitrogens with zero attached hydrogens (tertiary/aromatic N) is 1. The van der Waals surface area contributed by atoms with Crippen LogP contribution in [0.25, 0.3) is 10.2 Å². The average molecular weight is 303 g/mol. The Hall–Kier alpha value is -1.72. The van der Waals surface area contributed by atoms with Gasteiger partial charge in [-0.1, -0.05) is 29.8 Å². The molecule has 0 N–H and O–H groups in total. The lowest BCUT2D eigenvalue weighted by atomic mass is 10.2. The third kappa shape index (κ3) is 2.13. The van der Waals surface area contributed by atoms with Crippen molar-refractivity contribution in [3.8, 4) is 0 Å². The lowest BCUT2D eigenvalue weighted by Crippen LogP contribution is -2.01. The Bertz CT molecular complexity index is 878. The number of hydrogen-bond donors (Lipinski definition) is 0. The van der Waals surface area contributed by atoms with E-state index in [4.69, 9.17) is 0 Å². The molecule has 0 radical (unpaired) electrons. The quantitative estimate of drug-likeness (QED) is 0.724. The average Bonchev–Trinajstić information content (AvgIpc) is 2.85. The minimum atomic E-state index is -3.53. The van der Waals surface area contributed by atoms with Crippen molar-refractivity contribution in [3.63, 3.8) is 0 Å². The van der Waals surface area contributed by atoms with E-state index in [0.29, 0.717) is 4.90 Å². The maximum Gasteiger partial charge on any atom is 0.233 e. The molecule has 102 valence electrons. The molecule has 0 aliphatic carbocycles. The monoisotopic (exact) mass is 303 g/mol. The van der Waals surface area contributed by atoms with Gasteiger partial charge in [0.15, 0.2) is 0 Å². The summed E-state index contributed by atoms with van der Waals surface area (Å²) in [6.07, 6.45) is 0. The van der Waals surface area contributed by atoms with Crippen molar-refractivity contribution >= 4 is 31.4 Å². The second kappa shape index (κ2) is 4.68. The number of thiazole rings is 1. The van der Waals surface area contributed by atoms with Crippen LogP contribution in [0.15, 0.2) is 51.7 Å². The van der Waals surface area contributed by atoms with Gasteiger partial charge in [0.25, 0.3) is 0 Å². The summed E-state index contributed by atoms with van der Waals surface area (Å²) in [6.45, 7) is 3.86. The first-order valence-electron chi connectivity index (χ1n) is 6.16. The number of benzene rings is 2.